The largest absolute Gasteiger partial charge is 0.464 e. The minimum Gasteiger partial charge on any atom is -0.464 e. The second-order valence-corrected chi connectivity index (χ2v) is 3.71. The van der Waals surface area contributed by atoms with E-state index in [2.05, 4.69) is 15.0 Å². The highest BCUT2D eigenvalue weighted by Gasteiger charge is 2.08. The number of esters is 1. The summed E-state index contributed by atoms with van der Waals surface area (Å²) in [5, 5.41) is 12.0. The molecular weight excluding hydrogens is 208 g/mol. The number of aromatic nitrogens is 1. The number of nitrogens with one attached hydrogen (secondary N) is 2. The Morgan fingerprint density at radius 1 is 1.69 bits per heavy atom. The fourth-order valence-corrected chi connectivity index (χ4v) is 1.36. The third kappa shape index (κ3) is 3.67. The van der Waals surface area contributed by atoms with Gasteiger partial charge in [0.1, 0.15) is 5.69 Å². The molecule has 0 bridgehead atoms. The number of aliphatic hydroxyl groups excluding tert-OH is 1. The fraction of sp³-hybridized carbons (Fsp3) is 0.545. The van der Waals surface area contributed by atoms with E-state index < -0.39 is 0 Å². The lowest BCUT2D eigenvalue weighted by atomic mass is 10.2. The quantitative estimate of drug-likeness (QED) is 0.623. The Labute approximate surface area is 94.8 Å². The molecule has 0 aromatic carbocycles. The molecule has 1 heterocycles. The van der Waals surface area contributed by atoms with Crippen LogP contribution in [0.3, 0.4) is 0 Å². The molecule has 5 nitrogen and oxygen atoms in total. The first kappa shape index (κ1) is 12.7. The van der Waals surface area contributed by atoms with Crippen molar-refractivity contribution >= 4 is 5.97 Å². The van der Waals surface area contributed by atoms with Gasteiger partial charge in [0.25, 0.3) is 0 Å². The number of rotatable bonds is 6. The third-order valence-corrected chi connectivity index (χ3v) is 2.36. The van der Waals surface area contributed by atoms with Crippen molar-refractivity contribution in [1.82, 2.24) is 10.3 Å². The van der Waals surface area contributed by atoms with Crippen molar-refractivity contribution in [1.29, 1.82) is 0 Å². The lowest BCUT2D eigenvalue weighted by Gasteiger charge is -2.10. The van der Waals surface area contributed by atoms with Crippen LogP contribution in [0.5, 0.6) is 0 Å². The van der Waals surface area contributed by atoms with Gasteiger partial charge >= 0.3 is 5.97 Å². The van der Waals surface area contributed by atoms with Crippen LogP contribution in [0.25, 0.3) is 0 Å². The zero-order chi connectivity index (χ0) is 12.0. The highest BCUT2D eigenvalue weighted by molar-refractivity contribution is 5.87. The van der Waals surface area contributed by atoms with Crippen molar-refractivity contribution < 1.29 is 14.6 Å². The van der Waals surface area contributed by atoms with Crippen LogP contribution < -0.4 is 5.32 Å². The summed E-state index contributed by atoms with van der Waals surface area (Å²) >= 11 is 0. The first-order valence-electron chi connectivity index (χ1n) is 5.27. The second-order valence-electron chi connectivity index (χ2n) is 3.71. The van der Waals surface area contributed by atoms with E-state index in [0.29, 0.717) is 18.7 Å². The van der Waals surface area contributed by atoms with Crippen LogP contribution in [0.1, 0.15) is 29.4 Å². The van der Waals surface area contributed by atoms with E-state index in [1.54, 1.807) is 12.3 Å². The number of aromatic amines is 1. The van der Waals surface area contributed by atoms with E-state index in [0.717, 1.165) is 5.56 Å². The molecule has 0 fully saturated rings. The summed E-state index contributed by atoms with van der Waals surface area (Å²) in [7, 11) is 1.35. The van der Waals surface area contributed by atoms with E-state index in [9.17, 15) is 4.79 Å². The van der Waals surface area contributed by atoms with Gasteiger partial charge in [-0.15, -0.1) is 0 Å². The smallest absolute Gasteiger partial charge is 0.354 e. The molecule has 5 heteroatoms. The minimum absolute atomic E-state index is 0.175. The predicted molar refractivity (Wildman–Crippen MR) is 60.1 cm³/mol. The molecule has 1 aromatic rings. The van der Waals surface area contributed by atoms with Gasteiger partial charge in [-0.05, 0) is 25.0 Å². The Morgan fingerprint density at radius 3 is 3.06 bits per heavy atom. The van der Waals surface area contributed by atoms with Crippen molar-refractivity contribution in [2.75, 3.05) is 13.7 Å². The monoisotopic (exact) mass is 226 g/mol. The first-order chi connectivity index (χ1) is 7.67. The molecule has 0 aliphatic carbocycles. The number of methoxy groups -OCH3 is 1. The summed E-state index contributed by atoms with van der Waals surface area (Å²) < 4.78 is 4.59. The molecule has 1 atom stereocenters. The van der Waals surface area contributed by atoms with Crippen LogP contribution in [-0.2, 0) is 11.3 Å². The van der Waals surface area contributed by atoms with Gasteiger partial charge in [-0.2, -0.15) is 0 Å². The van der Waals surface area contributed by atoms with Crippen LogP contribution in [0, 0.1) is 0 Å². The van der Waals surface area contributed by atoms with Crippen molar-refractivity contribution in [3.05, 3.63) is 23.5 Å². The second kappa shape index (κ2) is 6.30. The van der Waals surface area contributed by atoms with E-state index in [1.807, 2.05) is 6.92 Å². The van der Waals surface area contributed by atoms with Gasteiger partial charge in [0.05, 0.1) is 7.11 Å². The van der Waals surface area contributed by atoms with E-state index in [-0.39, 0.29) is 18.6 Å². The molecule has 1 aromatic heterocycles. The van der Waals surface area contributed by atoms with Crippen LogP contribution in [0.15, 0.2) is 12.3 Å². The van der Waals surface area contributed by atoms with E-state index >= 15 is 0 Å². The number of hydrogen-bond acceptors (Lipinski definition) is 4. The summed E-state index contributed by atoms with van der Waals surface area (Å²) in [6.07, 6.45) is 2.49. The molecule has 0 amide bonds. The van der Waals surface area contributed by atoms with Crippen LogP contribution in [-0.4, -0.2) is 35.8 Å². The number of aliphatic hydroxyl groups is 1. The normalized spacial score (nSPS) is 12.4. The van der Waals surface area contributed by atoms with Gasteiger partial charge in [0.15, 0.2) is 0 Å². The predicted octanol–water partition coefficient (Wildman–Crippen LogP) is 0.662. The average Bonchev–Trinajstić information content (AvgIpc) is 2.74. The standard InChI is InChI=1S/C11H18N2O3/c1-8(3-4-14)12-6-9-5-10(13-7-9)11(15)16-2/h5,7-8,12-14H,3-4,6H2,1-2H3. The molecule has 0 spiro atoms. The van der Waals surface area contributed by atoms with Crippen molar-refractivity contribution in [3.8, 4) is 0 Å². The summed E-state index contributed by atoms with van der Waals surface area (Å²) in [4.78, 5) is 14.0. The van der Waals surface area contributed by atoms with Crippen molar-refractivity contribution in [3.63, 3.8) is 0 Å². The van der Waals surface area contributed by atoms with Gasteiger partial charge in [-0.1, -0.05) is 0 Å². The van der Waals surface area contributed by atoms with Crippen molar-refractivity contribution in [2.45, 2.75) is 25.9 Å². The van der Waals surface area contributed by atoms with Crippen LogP contribution in [0.4, 0.5) is 0 Å². The van der Waals surface area contributed by atoms with Crippen LogP contribution in [0.2, 0.25) is 0 Å². The topological polar surface area (TPSA) is 74.3 Å². The maximum Gasteiger partial charge on any atom is 0.354 e. The maximum atomic E-state index is 11.2. The summed E-state index contributed by atoms with van der Waals surface area (Å²) in [6, 6.07) is 2.01. The minimum atomic E-state index is -0.366. The molecule has 1 unspecified atom stereocenters. The van der Waals surface area contributed by atoms with E-state index in [1.165, 1.54) is 7.11 Å². The molecule has 0 saturated carbocycles. The Morgan fingerprint density at radius 2 is 2.44 bits per heavy atom. The van der Waals surface area contributed by atoms with Gasteiger partial charge in [-0.3, -0.25) is 0 Å². The molecule has 0 aliphatic rings. The fourth-order valence-electron chi connectivity index (χ4n) is 1.36. The SMILES string of the molecule is COC(=O)c1cc(CNC(C)CCO)c[nH]1. The molecule has 3 N–H and O–H groups in total. The Kier molecular flexibility index (Phi) is 5.01. The molecule has 0 aliphatic heterocycles. The molecule has 0 radical (unpaired) electrons. The zero-order valence-corrected chi connectivity index (χ0v) is 9.62. The maximum absolute atomic E-state index is 11.2. The highest BCUT2D eigenvalue weighted by Crippen LogP contribution is 2.05. The Balaban J connectivity index is 2.43. The van der Waals surface area contributed by atoms with E-state index in [4.69, 9.17) is 5.11 Å². The molecule has 0 saturated heterocycles. The lowest BCUT2D eigenvalue weighted by molar-refractivity contribution is 0.0595. The lowest BCUT2D eigenvalue weighted by Crippen LogP contribution is -2.26. The van der Waals surface area contributed by atoms with Crippen molar-refractivity contribution in [2.24, 2.45) is 0 Å². The number of hydrogen-bond donors (Lipinski definition) is 3. The number of carbonyl (C=O) groups excluding carboxylic acids is 1. The average molecular weight is 226 g/mol. The molecule has 16 heavy (non-hydrogen) atoms. The van der Waals surface area contributed by atoms with Gasteiger partial charge < -0.3 is 20.1 Å². The summed E-state index contributed by atoms with van der Waals surface area (Å²) in [5.41, 5.74) is 1.44. The Hall–Kier alpha value is -1.33. The zero-order valence-electron chi connectivity index (χ0n) is 9.62. The molecular formula is C11H18N2O3. The number of H-pyrrole nitrogens is 1. The van der Waals surface area contributed by atoms with Crippen LogP contribution >= 0.6 is 0 Å². The molecule has 90 valence electrons. The summed E-state index contributed by atoms with van der Waals surface area (Å²) in [5.74, 6) is -0.366. The molecule has 1 rings (SSSR count). The van der Waals surface area contributed by atoms with Gasteiger partial charge in [-0.25, -0.2) is 4.79 Å². The Bertz CT molecular complexity index is 336. The number of carbonyl (C=O) groups is 1. The summed E-state index contributed by atoms with van der Waals surface area (Å²) in [6.45, 7) is 2.84. The highest BCUT2D eigenvalue weighted by atomic mass is 16.5. The first-order valence-corrected chi connectivity index (χ1v) is 5.27. The third-order valence-electron chi connectivity index (χ3n) is 2.36. The van der Waals surface area contributed by atoms with Gasteiger partial charge in [0, 0.05) is 25.4 Å². The number of ether oxygens (including phenoxy) is 1. The van der Waals surface area contributed by atoms with Gasteiger partial charge in [0.2, 0.25) is 0 Å².